The van der Waals surface area contributed by atoms with Crippen molar-refractivity contribution < 1.29 is 48.0 Å². The third kappa shape index (κ3) is 14.2. The molecule has 0 amide bonds. The number of hydrogen-bond donors (Lipinski definition) is 2. The van der Waals surface area contributed by atoms with Crippen LogP contribution in [-0.2, 0) is 23.8 Å². The van der Waals surface area contributed by atoms with Crippen molar-refractivity contribution >= 4 is 24.2 Å². The largest absolute Gasteiger partial charge is 0.513 e. The molecule has 0 bridgehead atoms. The molecule has 1 aromatic rings. The Morgan fingerprint density at radius 1 is 0.854 bits per heavy atom. The Balaban J connectivity index is 3.25. The fourth-order valence-corrected chi connectivity index (χ4v) is 4.01. The van der Waals surface area contributed by atoms with Gasteiger partial charge in [0, 0.05) is 5.92 Å². The van der Waals surface area contributed by atoms with E-state index < -0.39 is 42.1 Å². The average Bonchev–Trinajstić information content (AvgIpc) is 2.88. The number of nitrogens with two attached hydrogens (primary N) is 1. The third-order valence-corrected chi connectivity index (χ3v) is 6.14. The van der Waals surface area contributed by atoms with E-state index in [1.54, 1.807) is 6.92 Å². The standard InChI is InChI=1S/C30H47NO10/c1-7-9-11-15-37-28(35)40-22-14-13-21(17-23(22)41-29(36)38-16-12-10-8-2)25(26(31)27(33)34)20(3)19-39-24(32)18-30(4,5)6/h13-14,17,20,25-26H,7-12,15-16,18-19,31H2,1-6H3,(H,33,34)/t20?,25?,26-/m0/s1. The maximum Gasteiger partial charge on any atom is 0.513 e. The van der Waals surface area contributed by atoms with E-state index in [9.17, 15) is 24.3 Å². The van der Waals surface area contributed by atoms with E-state index in [4.69, 9.17) is 29.4 Å². The van der Waals surface area contributed by atoms with Gasteiger partial charge in [-0.2, -0.15) is 0 Å². The molecule has 3 N–H and O–H groups in total. The van der Waals surface area contributed by atoms with Crippen molar-refractivity contribution in [1.29, 1.82) is 0 Å². The quantitative estimate of drug-likeness (QED) is 0.0931. The van der Waals surface area contributed by atoms with E-state index in [1.807, 2.05) is 34.6 Å². The first-order chi connectivity index (χ1) is 19.3. The van der Waals surface area contributed by atoms with Crippen LogP contribution in [0.15, 0.2) is 18.2 Å². The molecule has 0 heterocycles. The van der Waals surface area contributed by atoms with E-state index >= 15 is 0 Å². The summed E-state index contributed by atoms with van der Waals surface area (Å²) in [5.74, 6) is -3.36. The van der Waals surface area contributed by atoms with Crippen molar-refractivity contribution in [2.45, 2.75) is 98.4 Å². The molecule has 0 aliphatic heterocycles. The summed E-state index contributed by atoms with van der Waals surface area (Å²) < 4.78 is 26.3. The normalized spacial score (nSPS) is 13.4. The van der Waals surface area contributed by atoms with Crippen molar-refractivity contribution in [2.75, 3.05) is 19.8 Å². The van der Waals surface area contributed by atoms with Crippen LogP contribution in [0.25, 0.3) is 0 Å². The maximum atomic E-state index is 12.4. The number of esters is 1. The molecule has 11 nitrogen and oxygen atoms in total. The molecule has 0 radical (unpaired) electrons. The maximum absolute atomic E-state index is 12.4. The molecule has 41 heavy (non-hydrogen) atoms. The predicted octanol–water partition coefficient (Wildman–Crippen LogP) is 6.21. The second kappa shape index (κ2) is 18.2. The van der Waals surface area contributed by atoms with Crippen molar-refractivity contribution in [3.05, 3.63) is 23.8 Å². The molecule has 3 atom stereocenters. The highest BCUT2D eigenvalue weighted by molar-refractivity contribution is 5.75. The number of hydrogen-bond acceptors (Lipinski definition) is 10. The molecule has 1 aromatic carbocycles. The minimum Gasteiger partial charge on any atom is -0.480 e. The average molecular weight is 582 g/mol. The lowest BCUT2D eigenvalue weighted by Crippen LogP contribution is -2.40. The van der Waals surface area contributed by atoms with Crippen LogP contribution in [0, 0.1) is 11.3 Å². The zero-order valence-corrected chi connectivity index (χ0v) is 25.2. The first-order valence-electron chi connectivity index (χ1n) is 14.3. The smallest absolute Gasteiger partial charge is 0.480 e. The van der Waals surface area contributed by atoms with Crippen LogP contribution >= 0.6 is 0 Å². The number of benzene rings is 1. The van der Waals surface area contributed by atoms with Gasteiger partial charge in [-0.25, -0.2) is 9.59 Å². The van der Waals surface area contributed by atoms with Gasteiger partial charge in [0.05, 0.1) is 26.2 Å². The van der Waals surface area contributed by atoms with Gasteiger partial charge in [0.1, 0.15) is 6.04 Å². The molecule has 0 saturated carbocycles. The monoisotopic (exact) mass is 581 g/mol. The predicted molar refractivity (Wildman–Crippen MR) is 152 cm³/mol. The van der Waals surface area contributed by atoms with Gasteiger partial charge in [-0.15, -0.1) is 0 Å². The third-order valence-electron chi connectivity index (χ3n) is 6.14. The minimum atomic E-state index is -1.38. The second-order valence-electron chi connectivity index (χ2n) is 11.3. The number of ether oxygens (including phenoxy) is 5. The molecule has 0 saturated heterocycles. The summed E-state index contributed by atoms with van der Waals surface area (Å²) in [5.41, 5.74) is 6.16. The SMILES string of the molecule is CCCCCOC(=O)Oc1ccc(C(C(C)COC(=O)CC(C)(C)C)[C@H](N)C(=O)O)cc1OC(=O)OCCCCC. The van der Waals surface area contributed by atoms with E-state index in [-0.39, 0.29) is 43.2 Å². The molecule has 11 heteroatoms. The number of unbranched alkanes of at least 4 members (excludes halogenated alkanes) is 4. The highest BCUT2D eigenvalue weighted by Crippen LogP contribution is 2.36. The van der Waals surface area contributed by atoms with Gasteiger partial charge >= 0.3 is 24.2 Å². The van der Waals surface area contributed by atoms with Crippen LogP contribution in [-0.4, -0.2) is 55.2 Å². The highest BCUT2D eigenvalue weighted by Gasteiger charge is 2.33. The fourth-order valence-electron chi connectivity index (χ4n) is 4.01. The molecule has 0 aliphatic carbocycles. The molecule has 1 rings (SSSR count). The van der Waals surface area contributed by atoms with Crippen molar-refractivity contribution in [2.24, 2.45) is 17.1 Å². The molecule has 2 unspecified atom stereocenters. The molecular weight excluding hydrogens is 534 g/mol. The lowest BCUT2D eigenvalue weighted by atomic mass is 9.82. The van der Waals surface area contributed by atoms with Crippen LogP contribution in [0.1, 0.15) is 98.0 Å². The summed E-state index contributed by atoms with van der Waals surface area (Å²) in [6, 6.07) is 2.87. The van der Waals surface area contributed by atoms with Gasteiger partial charge < -0.3 is 34.5 Å². The van der Waals surface area contributed by atoms with E-state index in [2.05, 4.69) is 0 Å². The lowest BCUT2D eigenvalue weighted by Gasteiger charge is -2.28. The summed E-state index contributed by atoms with van der Waals surface area (Å²) in [6.07, 6.45) is 3.16. The number of carboxylic acids is 1. The highest BCUT2D eigenvalue weighted by atomic mass is 16.7. The topological polar surface area (TPSA) is 161 Å². The minimum absolute atomic E-state index is 0.0848. The second-order valence-corrected chi connectivity index (χ2v) is 11.3. The zero-order chi connectivity index (χ0) is 31.0. The first-order valence-corrected chi connectivity index (χ1v) is 14.3. The number of carboxylic acid groups (broad SMARTS) is 1. The fraction of sp³-hybridized carbons (Fsp3) is 0.667. The van der Waals surface area contributed by atoms with Gasteiger partial charge in [0.15, 0.2) is 11.5 Å². The molecule has 0 spiro atoms. The van der Waals surface area contributed by atoms with Gasteiger partial charge in [0.25, 0.3) is 0 Å². The van der Waals surface area contributed by atoms with Crippen molar-refractivity contribution in [1.82, 2.24) is 0 Å². The molecule has 0 aliphatic rings. The Bertz CT molecular complexity index is 988. The number of carbonyl (C=O) groups is 4. The summed E-state index contributed by atoms with van der Waals surface area (Å²) in [4.78, 5) is 48.9. The van der Waals surface area contributed by atoms with Crippen LogP contribution in [0.3, 0.4) is 0 Å². The van der Waals surface area contributed by atoms with Crippen LogP contribution in [0.2, 0.25) is 0 Å². The molecular formula is C30H47NO10. The zero-order valence-electron chi connectivity index (χ0n) is 25.2. The van der Waals surface area contributed by atoms with Crippen LogP contribution < -0.4 is 15.2 Å². The van der Waals surface area contributed by atoms with Gasteiger partial charge in [-0.1, -0.05) is 73.3 Å². The Labute approximate surface area is 243 Å². The summed E-state index contributed by atoms with van der Waals surface area (Å²) in [6.45, 7) is 11.7. The first kappa shape index (κ1) is 35.7. The van der Waals surface area contributed by atoms with Crippen LogP contribution in [0.4, 0.5) is 9.59 Å². The Morgan fingerprint density at radius 2 is 1.39 bits per heavy atom. The number of carbonyl (C=O) groups excluding carboxylic acids is 3. The van der Waals surface area contributed by atoms with E-state index in [0.717, 1.165) is 25.7 Å². The van der Waals surface area contributed by atoms with Gasteiger partial charge in [-0.05, 0) is 41.9 Å². The van der Waals surface area contributed by atoms with Crippen molar-refractivity contribution in [3.63, 3.8) is 0 Å². The molecule has 0 aromatic heterocycles. The Morgan fingerprint density at radius 3 is 1.88 bits per heavy atom. The van der Waals surface area contributed by atoms with Gasteiger partial charge in [0.2, 0.25) is 0 Å². The molecule has 0 fully saturated rings. The number of rotatable bonds is 17. The Hall–Kier alpha value is -3.34. The summed E-state index contributed by atoms with van der Waals surface area (Å²) >= 11 is 0. The number of aliphatic carboxylic acids is 1. The summed E-state index contributed by atoms with van der Waals surface area (Å²) in [5, 5.41) is 9.72. The van der Waals surface area contributed by atoms with Crippen LogP contribution in [0.5, 0.6) is 11.5 Å². The summed E-state index contributed by atoms with van der Waals surface area (Å²) in [7, 11) is 0. The Kier molecular flexibility index (Phi) is 15.8. The van der Waals surface area contributed by atoms with E-state index in [1.165, 1.54) is 18.2 Å². The lowest BCUT2D eigenvalue weighted by molar-refractivity contribution is -0.147. The van der Waals surface area contributed by atoms with Crippen molar-refractivity contribution in [3.8, 4) is 11.5 Å². The van der Waals surface area contributed by atoms with E-state index in [0.29, 0.717) is 18.4 Å². The molecule has 232 valence electrons. The van der Waals surface area contributed by atoms with Gasteiger partial charge in [-0.3, -0.25) is 9.59 Å².